The fourth-order valence-corrected chi connectivity index (χ4v) is 3.65. The number of benzene rings is 1. The van der Waals surface area contributed by atoms with Crippen molar-refractivity contribution < 1.29 is 19.1 Å². The van der Waals surface area contributed by atoms with Crippen LogP contribution in [0.2, 0.25) is 0 Å². The predicted octanol–water partition coefficient (Wildman–Crippen LogP) is 2.78. The molecule has 0 radical (unpaired) electrons. The first-order valence-electron chi connectivity index (χ1n) is 9.15. The van der Waals surface area contributed by atoms with Crippen molar-refractivity contribution >= 4 is 11.9 Å². The molecule has 0 N–H and O–H groups in total. The van der Waals surface area contributed by atoms with E-state index in [1.807, 2.05) is 0 Å². The number of nitrogens with zero attached hydrogens (tertiary/aromatic N) is 1. The van der Waals surface area contributed by atoms with Crippen molar-refractivity contribution in [2.24, 2.45) is 11.8 Å². The second-order valence-electron chi connectivity index (χ2n) is 7.56. The molecule has 2 aliphatic rings. The average molecular weight is 345 g/mol. The number of hydrogen-bond donors (Lipinski definition) is 0. The summed E-state index contributed by atoms with van der Waals surface area (Å²) in [6.45, 7) is 5.92. The summed E-state index contributed by atoms with van der Waals surface area (Å²) >= 11 is 0. The number of rotatable bonds is 5. The molecule has 0 unspecified atom stereocenters. The zero-order chi connectivity index (χ0) is 17.9. The summed E-state index contributed by atoms with van der Waals surface area (Å²) in [5.41, 5.74) is 1.40. The fraction of sp³-hybridized carbons (Fsp3) is 0.600. The Morgan fingerprint density at radius 3 is 2.24 bits per heavy atom. The lowest BCUT2D eigenvalue weighted by molar-refractivity contribution is -0.240. The second kappa shape index (κ2) is 7.56. The quantitative estimate of drug-likeness (QED) is 0.607. The van der Waals surface area contributed by atoms with Crippen LogP contribution in [-0.4, -0.2) is 42.3 Å². The Morgan fingerprint density at radius 2 is 1.64 bits per heavy atom. The van der Waals surface area contributed by atoms with Gasteiger partial charge in [-0.2, -0.15) is 0 Å². The van der Waals surface area contributed by atoms with Crippen LogP contribution in [0, 0.1) is 11.8 Å². The number of hydrogen-bond acceptors (Lipinski definition) is 5. The SMILES string of the molecule is CC1(C)OC(=O)C(CCN2CCC(Cc3ccccc3)CC2)C(=O)O1. The van der Waals surface area contributed by atoms with Crippen molar-refractivity contribution in [3.63, 3.8) is 0 Å². The normalized spacial score (nSPS) is 22.5. The van der Waals surface area contributed by atoms with E-state index < -0.39 is 23.6 Å². The third-order valence-electron chi connectivity index (χ3n) is 5.07. The highest BCUT2D eigenvalue weighted by atomic mass is 16.7. The molecule has 2 aliphatic heterocycles. The number of esters is 2. The van der Waals surface area contributed by atoms with E-state index in [1.165, 1.54) is 5.56 Å². The van der Waals surface area contributed by atoms with Crippen molar-refractivity contribution in [2.75, 3.05) is 19.6 Å². The first-order chi connectivity index (χ1) is 11.9. The zero-order valence-electron chi connectivity index (χ0n) is 15.1. The maximum absolute atomic E-state index is 12.0. The first-order valence-corrected chi connectivity index (χ1v) is 9.15. The molecule has 5 heteroatoms. The molecule has 25 heavy (non-hydrogen) atoms. The summed E-state index contributed by atoms with van der Waals surface area (Å²) in [5.74, 6) is -2.12. The van der Waals surface area contributed by atoms with Crippen LogP contribution in [0.1, 0.15) is 38.7 Å². The molecule has 0 aromatic heterocycles. The van der Waals surface area contributed by atoms with Crippen molar-refractivity contribution in [3.05, 3.63) is 35.9 Å². The van der Waals surface area contributed by atoms with Crippen LogP contribution in [0.5, 0.6) is 0 Å². The Balaban J connectivity index is 1.42. The maximum Gasteiger partial charge on any atom is 0.323 e. The number of ether oxygens (including phenoxy) is 2. The highest BCUT2D eigenvalue weighted by molar-refractivity contribution is 5.96. The standard InChI is InChI=1S/C20H27NO4/c1-20(2)24-18(22)17(19(23)25-20)10-13-21-11-8-16(9-12-21)14-15-6-4-3-5-7-15/h3-7,16-17H,8-14H2,1-2H3. The van der Waals surface area contributed by atoms with Gasteiger partial charge in [0.05, 0.1) is 0 Å². The van der Waals surface area contributed by atoms with Crippen LogP contribution >= 0.6 is 0 Å². The van der Waals surface area contributed by atoms with Crippen molar-refractivity contribution in [3.8, 4) is 0 Å². The van der Waals surface area contributed by atoms with Gasteiger partial charge in [-0.25, -0.2) is 0 Å². The lowest BCUT2D eigenvalue weighted by Gasteiger charge is -2.35. The van der Waals surface area contributed by atoms with Gasteiger partial charge in [-0.1, -0.05) is 30.3 Å². The average Bonchev–Trinajstić information content (AvgIpc) is 2.55. The van der Waals surface area contributed by atoms with Crippen molar-refractivity contribution in [2.45, 2.75) is 45.3 Å². The molecule has 1 aromatic carbocycles. The van der Waals surface area contributed by atoms with Gasteiger partial charge < -0.3 is 14.4 Å². The summed E-state index contributed by atoms with van der Waals surface area (Å²) in [6, 6.07) is 10.6. The number of carbonyl (C=O) groups excluding carboxylic acids is 2. The van der Waals surface area contributed by atoms with Gasteiger partial charge in [-0.15, -0.1) is 0 Å². The largest absolute Gasteiger partial charge is 0.422 e. The van der Waals surface area contributed by atoms with E-state index in [1.54, 1.807) is 13.8 Å². The molecule has 0 saturated carbocycles. The Labute approximate surface area is 149 Å². The monoisotopic (exact) mass is 345 g/mol. The van der Waals surface area contributed by atoms with Gasteiger partial charge in [-0.05, 0) is 56.8 Å². The van der Waals surface area contributed by atoms with E-state index in [-0.39, 0.29) is 0 Å². The van der Waals surface area contributed by atoms with Crippen LogP contribution < -0.4 is 0 Å². The van der Waals surface area contributed by atoms with E-state index in [9.17, 15) is 9.59 Å². The fourth-order valence-electron chi connectivity index (χ4n) is 3.65. The Bertz CT molecular complexity index is 585. The van der Waals surface area contributed by atoms with Gasteiger partial charge >= 0.3 is 11.9 Å². The Hall–Kier alpha value is -1.88. The van der Waals surface area contributed by atoms with Crippen LogP contribution in [0.15, 0.2) is 30.3 Å². The number of cyclic esters (lactones) is 2. The summed E-state index contributed by atoms with van der Waals surface area (Å²) in [4.78, 5) is 26.3. The van der Waals surface area contributed by atoms with Gasteiger partial charge in [0, 0.05) is 13.8 Å². The minimum atomic E-state index is -1.14. The highest BCUT2D eigenvalue weighted by Gasteiger charge is 2.43. The molecule has 0 aliphatic carbocycles. The predicted molar refractivity (Wildman–Crippen MR) is 93.7 cm³/mol. The molecule has 3 rings (SSSR count). The molecular formula is C20H27NO4. The van der Waals surface area contributed by atoms with E-state index in [0.29, 0.717) is 12.3 Å². The molecule has 0 spiro atoms. The summed E-state index contributed by atoms with van der Waals surface area (Å²) in [7, 11) is 0. The molecule has 1 aromatic rings. The highest BCUT2D eigenvalue weighted by Crippen LogP contribution is 2.26. The zero-order valence-corrected chi connectivity index (χ0v) is 15.1. The number of likely N-dealkylation sites (tertiary alicyclic amines) is 1. The summed E-state index contributed by atoms with van der Waals surface area (Å²) in [6.07, 6.45) is 3.91. The molecule has 0 bridgehead atoms. The van der Waals surface area contributed by atoms with Gasteiger partial charge in [0.1, 0.15) is 0 Å². The minimum Gasteiger partial charge on any atom is -0.422 e. The maximum atomic E-state index is 12.0. The van der Waals surface area contributed by atoms with E-state index in [0.717, 1.165) is 38.9 Å². The topological polar surface area (TPSA) is 55.8 Å². The molecule has 5 nitrogen and oxygen atoms in total. The molecule has 136 valence electrons. The second-order valence-corrected chi connectivity index (χ2v) is 7.56. The van der Waals surface area contributed by atoms with E-state index >= 15 is 0 Å². The van der Waals surface area contributed by atoms with E-state index in [4.69, 9.17) is 9.47 Å². The molecule has 2 saturated heterocycles. The molecule has 2 fully saturated rings. The van der Waals surface area contributed by atoms with Gasteiger partial charge in [-0.3, -0.25) is 9.59 Å². The third-order valence-corrected chi connectivity index (χ3v) is 5.07. The van der Waals surface area contributed by atoms with Crippen molar-refractivity contribution in [1.82, 2.24) is 4.90 Å². The number of carbonyl (C=O) groups is 2. The van der Waals surface area contributed by atoms with Crippen LogP contribution in [0.25, 0.3) is 0 Å². The van der Waals surface area contributed by atoms with Crippen LogP contribution in [0.3, 0.4) is 0 Å². The van der Waals surface area contributed by atoms with Gasteiger partial charge in [0.15, 0.2) is 5.92 Å². The lowest BCUT2D eigenvalue weighted by Crippen LogP contribution is -2.47. The van der Waals surface area contributed by atoms with Crippen molar-refractivity contribution in [1.29, 1.82) is 0 Å². The summed E-state index contributed by atoms with van der Waals surface area (Å²) in [5, 5.41) is 0. The van der Waals surface area contributed by atoms with Crippen LogP contribution in [0.4, 0.5) is 0 Å². The number of piperidine rings is 1. The third kappa shape index (κ3) is 4.82. The van der Waals surface area contributed by atoms with Gasteiger partial charge in [0.2, 0.25) is 0 Å². The summed E-state index contributed by atoms with van der Waals surface area (Å²) < 4.78 is 10.4. The van der Waals surface area contributed by atoms with Crippen LogP contribution in [-0.2, 0) is 25.5 Å². The Morgan fingerprint density at radius 1 is 1.04 bits per heavy atom. The van der Waals surface area contributed by atoms with Gasteiger partial charge in [0.25, 0.3) is 5.79 Å². The molecule has 2 heterocycles. The van der Waals surface area contributed by atoms with E-state index in [2.05, 4.69) is 35.2 Å². The molecular weight excluding hydrogens is 318 g/mol. The molecule has 0 amide bonds. The molecule has 0 atom stereocenters. The Kier molecular flexibility index (Phi) is 5.42. The first kappa shape index (κ1) is 17.9. The smallest absolute Gasteiger partial charge is 0.323 e. The lowest BCUT2D eigenvalue weighted by atomic mass is 9.90. The minimum absolute atomic E-state index is 0.458.